The van der Waals surface area contributed by atoms with Gasteiger partial charge in [0.2, 0.25) is 0 Å². The summed E-state index contributed by atoms with van der Waals surface area (Å²) in [5.41, 5.74) is 0.874. The number of nitrogens with zero attached hydrogens (tertiary/aromatic N) is 2. The first-order valence-corrected chi connectivity index (χ1v) is 7.05. The molecule has 8 nitrogen and oxygen atoms in total. The van der Waals surface area contributed by atoms with Crippen molar-refractivity contribution in [2.45, 2.75) is 13.0 Å². The monoisotopic (exact) mass is 326 g/mol. The SMILES string of the molecule is C[C@H]1Oc2ccc(N=Cc3cc([N+](=O)[O-])ccc3[O-])cc2NC1=O. The number of ether oxygens (including phenoxy) is 1. The normalized spacial score (nSPS) is 16.4. The molecule has 0 radical (unpaired) electrons. The lowest BCUT2D eigenvalue weighted by Crippen LogP contribution is -2.34. The molecule has 0 saturated carbocycles. The number of rotatable bonds is 3. The summed E-state index contributed by atoms with van der Waals surface area (Å²) in [6.45, 7) is 1.64. The van der Waals surface area contributed by atoms with E-state index in [1.807, 2.05) is 0 Å². The van der Waals surface area contributed by atoms with Crippen LogP contribution < -0.4 is 15.2 Å². The molecule has 24 heavy (non-hydrogen) atoms. The van der Waals surface area contributed by atoms with E-state index in [-0.39, 0.29) is 22.9 Å². The minimum absolute atomic E-state index is 0.107. The maximum Gasteiger partial charge on any atom is 0.270 e. The molecule has 1 N–H and O–H groups in total. The van der Waals surface area contributed by atoms with E-state index in [2.05, 4.69) is 10.3 Å². The predicted molar refractivity (Wildman–Crippen MR) is 85.0 cm³/mol. The van der Waals surface area contributed by atoms with Crippen molar-refractivity contribution in [2.75, 3.05) is 5.32 Å². The molecule has 0 spiro atoms. The first kappa shape index (κ1) is 15.5. The summed E-state index contributed by atoms with van der Waals surface area (Å²) in [7, 11) is 0. The van der Waals surface area contributed by atoms with Gasteiger partial charge >= 0.3 is 0 Å². The molecule has 3 rings (SSSR count). The Morgan fingerprint density at radius 2 is 2.08 bits per heavy atom. The van der Waals surface area contributed by atoms with E-state index in [0.717, 1.165) is 18.2 Å². The number of anilines is 1. The predicted octanol–water partition coefficient (Wildman–Crippen LogP) is 2.14. The van der Waals surface area contributed by atoms with Crippen LogP contribution in [0.15, 0.2) is 41.4 Å². The quantitative estimate of drug-likeness (QED) is 0.527. The van der Waals surface area contributed by atoms with Crippen molar-refractivity contribution in [3.63, 3.8) is 0 Å². The average Bonchev–Trinajstić information content (AvgIpc) is 2.55. The molecule has 0 unspecified atom stereocenters. The standard InChI is InChI=1S/C16H13N3O5/c1-9-16(21)18-13-7-11(2-5-15(13)24-9)17-8-10-6-12(19(22)23)3-4-14(10)20/h2-9,20H,1H3,(H,18,21)/p-1/t9-/m1/s1. The van der Waals surface area contributed by atoms with Crippen LogP contribution in [0.25, 0.3) is 0 Å². The van der Waals surface area contributed by atoms with Gasteiger partial charge in [0.15, 0.2) is 6.10 Å². The number of fused-ring (bicyclic) bond motifs is 1. The molecule has 0 aromatic heterocycles. The number of hydrogen-bond acceptors (Lipinski definition) is 6. The maximum absolute atomic E-state index is 11.7. The summed E-state index contributed by atoms with van der Waals surface area (Å²) in [6, 6.07) is 8.34. The van der Waals surface area contributed by atoms with Crippen molar-refractivity contribution in [2.24, 2.45) is 4.99 Å². The van der Waals surface area contributed by atoms with Crippen molar-refractivity contribution < 1.29 is 19.6 Å². The Morgan fingerprint density at radius 3 is 2.83 bits per heavy atom. The highest BCUT2D eigenvalue weighted by atomic mass is 16.6. The van der Waals surface area contributed by atoms with E-state index in [4.69, 9.17) is 4.74 Å². The second-order valence-corrected chi connectivity index (χ2v) is 5.17. The molecule has 2 aromatic rings. The number of benzene rings is 2. The number of nitro groups is 1. The van der Waals surface area contributed by atoms with E-state index in [1.54, 1.807) is 25.1 Å². The Kier molecular flexibility index (Phi) is 3.87. The number of aliphatic imine (C=N–C) groups is 1. The Balaban J connectivity index is 1.88. The van der Waals surface area contributed by atoms with Gasteiger partial charge in [-0.05, 0) is 30.7 Å². The van der Waals surface area contributed by atoms with Crippen LogP contribution in [0.2, 0.25) is 0 Å². The van der Waals surface area contributed by atoms with Crippen molar-refractivity contribution in [1.29, 1.82) is 0 Å². The molecule has 0 fully saturated rings. The second kappa shape index (κ2) is 5.99. The third-order valence-corrected chi connectivity index (χ3v) is 3.45. The molecule has 0 saturated heterocycles. The van der Waals surface area contributed by atoms with E-state index in [0.29, 0.717) is 17.1 Å². The van der Waals surface area contributed by atoms with Crippen molar-refractivity contribution >= 4 is 29.2 Å². The zero-order valence-electron chi connectivity index (χ0n) is 12.6. The number of nitro benzene ring substituents is 1. The molecule has 1 aliphatic rings. The van der Waals surface area contributed by atoms with Crippen LogP contribution in [0.1, 0.15) is 12.5 Å². The van der Waals surface area contributed by atoms with Gasteiger partial charge in [-0.1, -0.05) is 11.8 Å². The smallest absolute Gasteiger partial charge is 0.270 e. The lowest BCUT2D eigenvalue weighted by atomic mass is 10.2. The lowest BCUT2D eigenvalue weighted by molar-refractivity contribution is -0.385. The molecule has 0 bridgehead atoms. The van der Waals surface area contributed by atoms with Gasteiger partial charge in [-0.15, -0.1) is 0 Å². The van der Waals surface area contributed by atoms with Crippen LogP contribution in [0.5, 0.6) is 11.5 Å². The summed E-state index contributed by atoms with van der Waals surface area (Å²) in [5.74, 6) is -0.0992. The van der Waals surface area contributed by atoms with Gasteiger partial charge in [-0.25, -0.2) is 0 Å². The second-order valence-electron chi connectivity index (χ2n) is 5.17. The van der Waals surface area contributed by atoms with Gasteiger partial charge in [0.1, 0.15) is 5.75 Å². The first-order chi connectivity index (χ1) is 11.4. The van der Waals surface area contributed by atoms with E-state index in [1.165, 1.54) is 6.21 Å². The molecule has 8 heteroatoms. The summed E-state index contributed by atoms with van der Waals surface area (Å²) < 4.78 is 5.43. The van der Waals surface area contributed by atoms with Gasteiger partial charge < -0.3 is 15.2 Å². The highest BCUT2D eigenvalue weighted by Gasteiger charge is 2.23. The fourth-order valence-corrected chi connectivity index (χ4v) is 2.17. The number of carbonyl (C=O) groups is 1. The van der Waals surface area contributed by atoms with Crippen LogP contribution in [-0.2, 0) is 4.79 Å². The molecule has 122 valence electrons. The zero-order chi connectivity index (χ0) is 17.3. The Hall–Kier alpha value is -3.42. The number of non-ortho nitro benzene ring substituents is 1. The van der Waals surface area contributed by atoms with Crippen LogP contribution in [-0.4, -0.2) is 23.1 Å². The van der Waals surface area contributed by atoms with Crippen molar-refractivity contribution in [1.82, 2.24) is 0 Å². The maximum atomic E-state index is 11.7. The summed E-state index contributed by atoms with van der Waals surface area (Å²) in [4.78, 5) is 25.9. The van der Waals surface area contributed by atoms with Gasteiger partial charge in [-0.3, -0.25) is 19.9 Å². The highest BCUT2D eigenvalue weighted by Crippen LogP contribution is 2.33. The molecule has 1 amide bonds. The minimum Gasteiger partial charge on any atom is -0.872 e. The fraction of sp³-hybridized carbons (Fsp3) is 0.125. The van der Waals surface area contributed by atoms with Crippen LogP contribution in [0, 0.1) is 10.1 Å². The van der Waals surface area contributed by atoms with Gasteiger partial charge in [0.25, 0.3) is 11.6 Å². The van der Waals surface area contributed by atoms with E-state index in [9.17, 15) is 20.0 Å². The van der Waals surface area contributed by atoms with Gasteiger partial charge in [0.05, 0.1) is 16.3 Å². The first-order valence-electron chi connectivity index (χ1n) is 7.05. The van der Waals surface area contributed by atoms with E-state index < -0.39 is 11.0 Å². The molecule has 2 aromatic carbocycles. The molecular weight excluding hydrogens is 314 g/mol. The molecule has 1 heterocycles. The summed E-state index contributed by atoms with van der Waals surface area (Å²) in [5, 5.41) is 25.2. The Labute approximate surface area is 136 Å². The lowest BCUT2D eigenvalue weighted by Gasteiger charge is -2.23. The number of carbonyl (C=O) groups excluding carboxylic acids is 1. The van der Waals surface area contributed by atoms with Gasteiger partial charge in [-0.2, -0.15) is 0 Å². The molecule has 1 aliphatic heterocycles. The average molecular weight is 326 g/mol. The van der Waals surface area contributed by atoms with E-state index >= 15 is 0 Å². The third-order valence-electron chi connectivity index (χ3n) is 3.45. The molecule has 0 aliphatic carbocycles. The molecule has 1 atom stereocenters. The zero-order valence-corrected chi connectivity index (χ0v) is 12.6. The number of amides is 1. The van der Waals surface area contributed by atoms with Crippen molar-refractivity contribution in [3.05, 3.63) is 52.1 Å². The van der Waals surface area contributed by atoms with Crippen molar-refractivity contribution in [3.8, 4) is 11.5 Å². The Bertz CT molecular complexity index is 863. The number of hydrogen-bond donors (Lipinski definition) is 1. The fourth-order valence-electron chi connectivity index (χ4n) is 2.17. The van der Waals surface area contributed by atoms with Crippen LogP contribution in [0.3, 0.4) is 0 Å². The Morgan fingerprint density at radius 1 is 1.29 bits per heavy atom. The highest BCUT2D eigenvalue weighted by molar-refractivity contribution is 5.98. The van der Waals surface area contributed by atoms with Crippen LogP contribution >= 0.6 is 0 Å². The summed E-state index contributed by atoms with van der Waals surface area (Å²) >= 11 is 0. The number of nitrogens with one attached hydrogen (secondary N) is 1. The van der Waals surface area contributed by atoms with Crippen LogP contribution in [0.4, 0.5) is 17.1 Å². The topological polar surface area (TPSA) is 117 Å². The van der Waals surface area contributed by atoms with Gasteiger partial charge in [0, 0.05) is 18.3 Å². The molecular formula is C16H12N3O5-. The largest absolute Gasteiger partial charge is 0.872 e. The third kappa shape index (κ3) is 3.02. The minimum atomic E-state index is -0.580. The summed E-state index contributed by atoms with van der Waals surface area (Å²) in [6.07, 6.45) is 0.685.